The number of aromatic nitrogens is 1. The number of imide groups is 1. The maximum absolute atomic E-state index is 13.1. The van der Waals surface area contributed by atoms with Crippen LogP contribution in [0.15, 0.2) is 60.7 Å². The predicted octanol–water partition coefficient (Wildman–Crippen LogP) is 2.99. The van der Waals surface area contributed by atoms with Crippen LogP contribution in [0.25, 0.3) is 10.9 Å². The molecular formula is C22H19N3O4. The van der Waals surface area contributed by atoms with E-state index in [4.69, 9.17) is 4.74 Å². The lowest BCUT2D eigenvalue weighted by molar-refractivity contribution is -0.126. The van der Waals surface area contributed by atoms with Gasteiger partial charge in [0.1, 0.15) is 0 Å². The van der Waals surface area contributed by atoms with Crippen molar-refractivity contribution in [2.45, 2.75) is 13.0 Å². The number of para-hydroxylation sites is 1. The van der Waals surface area contributed by atoms with Gasteiger partial charge < -0.3 is 10.1 Å². The number of benzene rings is 2. The van der Waals surface area contributed by atoms with Crippen molar-refractivity contribution in [3.05, 3.63) is 77.5 Å². The van der Waals surface area contributed by atoms with Crippen LogP contribution in [0.4, 0.5) is 4.79 Å². The molecule has 1 aliphatic rings. The Kier molecular flexibility index (Phi) is 4.95. The second-order valence-corrected chi connectivity index (χ2v) is 6.83. The Bertz CT molecular complexity index is 1080. The summed E-state index contributed by atoms with van der Waals surface area (Å²) < 4.78 is 4.79. The van der Waals surface area contributed by atoms with E-state index in [9.17, 15) is 14.4 Å². The normalized spacial score (nSPS) is 14.7. The highest BCUT2D eigenvalue weighted by molar-refractivity contribution is 6.05. The fraction of sp³-hybridized carbons (Fsp3) is 0.182. The molecule has 1 N–H and O–H groups in total. The van der Waals surface area contributed by atoms with Gasteiger partial charge >= 0.3 is 6.09 Å². The first kappa shape index (κ1) is 18.6. The fourth-order valence-corrected chi connectivity index (χ4v) is 3.32. The van der Waals surface area contributed by atoms with Crippen LogP contribution in [0.3, 0.4) is 0 Å². The van der Waals surface area contributed by atoms with E-state index in [2.05, 4.69) is 10.3 Å². The molecule has 2 aromatic carbocycles. The van der Waals surface area contributed by atoms with E-state index >= 15 is 0 Å². The van der Waals surface area contributed by atoms with E-state index in [1.165, 1.54) is 0 Å². The Morgan fingerprint density at radius 2 is 1.90 bits per heavy atom. The summed E-state index contributed by atoms with van der Waals surface area (Å²) in [7, 11) is 0. The molecule has 0 saturated carbocycles. The number of pyridine rings is 1. The number of rotatable bonds is 5. The summed E-state index contributed by atoms with van der Waals surface area (Å²) in [6.07, 6.45) is -0.701. The predicted molar refractivity (Wildman–Crippen MR) is 106 cm³/mol. The number of nitrogens with one attached hydrogen (secondary N) is 1. The van der Waals surface area contributed by atoms with E-state index in [0.29, 0.717) is 11.1 Å². The molecule has 7 heteroatoms. The SMILES string of the molecule is Cc1ccc2cccc(C(=O)NC(CN3C(=O)COC3=O)c3ccccc3)c2n1. The number of nitrogens with zero attached hydrogens (tertiary/aromatic N) is 2. The van der Waals surface area contributed by atoms with Crippen molar-refractivity contribution in [2.75, 3.05) is 13.2 Å². The first-order chi connectivity index (χ1) is 14.0. The Morgan fingerprint density at radius 3 is 2.62 bits per heavy atom. The molecule has 7 nitrogen and oxygen atoms in total. The largest absolute Gasteiger partial charge is 0.439 e. The Hall–Kier alpha value is -3.74. The van der Waals surface area contributed by atoms with Crippen LogP contribution in [-0.4, -0.2) is 40.9 Å². The molecule has 2 heterocycles. The van der Waals surface area contributed by atoms with Crippen molar-refractivity contribution < 1.29 is 19.1 Å². The van der Waals surface area contributed by atoms with Crippen LogP contribution >= 0.6 is 0 Å². The average Bonchev–Trinajstić information content (AvgIpc) is 3.05. The average molecular weight is 389 g/mol. The maximum Gasteiger partial charge on any atom is 0.417 e. The Morgan fingerprint density at radius 1 is 1.10 bits per heavy atom. The molecule has 1 fully saturated rings. The third kappa shape index (κ3) is 3.80. The second kappa shape index (κ2) is 7.71. The first-order valence-corrected chi connectivity index (χ1v) is 9.22. The van der Waals surface area contributed by atoms with Crippen molar-refractivity contribution in [1.82, 2.24) is 15.2 Å². The fourth-order valence-electron chi connectivity index (χ4n) is 3.32. The number of amides is 3. The molecule has 3 aromatic rings. The molecule has 1 saturated heterocycles. The topological polar surface area (TPSA) is 88.6 Å². The molecule has 146 valence electrons. The monoisotopic (exact) mass is 389 g/mol. The van der Waals surface area contributed by atoms with E-state index in [0.717, 1.165) is 21.5 Å². The number of aryl methyl sites for hydroxylation is 1. The third-order valence-corrected chi connectivity index (χ3v) is 4.82. The molecule has 29 heavy (non-hydrogen) atoms. The van der Waals surface area contributed by atoms with Crippen LogP contribution in [-0.2, 0) is 9.53 Å². The molecule has 0 aliphatic carbocycles. The van der Waals surface area contributed by atoms with Crippen molar-refractivity contribution in [2.24, 2.45) is 0 Å². The van der Waals surface area contributed by atoms with Gasteiger partial charge in [-0.2, -0.15) is 0 Å². The lowest BCUT2D eigenvalue weighted by atomic mass is 10.0. The molecule has 0 spiro atoms. The van der Waals surface area contributed by atoms with Crippen molar-refractivity contribution >= 4 is 28.8 Å². The van der Waals surface area contributed by atoms with Gasteiger partial charge in [-0.1, -0.05) is 48.5 Å². The number of cyclic esters (lactones) is 1. The summed E-state index contributed by atoms with van der Waals surface area (Å²) in [4.78, 5) is 42.5. The van der Waals surface area contributed by atoms with Gasteiger partial charge in [-0.15, -0.1) is 0 Å². The summed E-state index contributed by atoms with van der Waals surface area (Å²) in [6, 6.07) is 17.8. The highest BCUT2D eigenvalue weighted by Crippen LogP contribution is 2.21. The number of ether oxygens (including phenoxy) is 1. The smallest absolute Gasteiger partial charge is 0.417 e. The van der Waals surface area contributed by atoms with Gasteiger partial charge in [-0.05, 0) is 24.6 Å². The summed E-state index contributed by atoms with van der Waals surface area (Å²) >= 11 is 0. The number of hydrogen-bond acceptors (Lipinski definition) is 5. The molecule has 0 radical (unpaired) electrons. The van der Waals surface area contributed by atoms with E-state index < -0.39 is 18.0 Å². The zero-order valence-corrected chi connectivity index (χ0v) is 15.8. The van der Waals surface area contributed by atoms with Gasteiger partial charge in [0.2, 0.25) is 0 Å². The molecule has 0 bridgehead atoms. The van der Waals surface area contributed by atoms with Gasteiger partial charge in [0.25, 0.3) is 11.8 Å². The minimum Gasteiger partial charge on any atom is -0.439 e. The first-order valence-electron chi connectivity index (χ1n) is 9.22. The Labute approximate surface area is 167 Å². The number of hydrogen-bond donors (Lipinski definition) is 1. The van der Waals surface area contributed by atoms with Crippen LogP contribution in [0, 0.1) is 6.92 Å². The molecule has 1 atom stereocenters. The maximum atomic E-state index is 13.1. The number of carbonyl (C=O) groups is 3. The lowest BCUT2D eigenvalue weighted by Gasteiger charge is -2.23. The third-order valence-electron chi connectivity index (χ3n) is 4.82. The zero-order chi connectivity index (χ0) is 20.4. The molecule has 3 amide bonds. The number of fused-ring (bicyclic) bond motifs is 1. The van der Waals surface area contributed by atoms with Gasteiger partial charge in [0, 0.05) is 11.1 Å². The van der Waals surface area contributed by atoms with Gasteiger partial charge in [0.15, 0.2) is 6.61 Å². The summed E-state index contributed by atoms with van der Waals surface area (Å²) in [5, 5.41) is 3.81. The zero-order valence-electron chi connectivity index (χ0n) is 15.8. The van der Waals surface area contributed by atoms with E-state index in [1.54, 1.807) is 12.1 Å². The highest BCUT2D eigenvalue weighted by Gasteiger charge is 2.34. The van der Waals surface area contributed by atoms with Crippen LogP contribution < -0.4 is 5.32 Å². The van der Waals surface area contributed by atoms with Crippen molar-refractivity contribution in [3.8, 4) is 0 Å². The summed E-state index contributed by atoms with van der Waals surface area (Å²) in [5.74, 6) is -0.754. The van der Waals surface area contributed by atoms with Crippen LogP contribution in [0.1, 0.15) is 27.7 Å². The van der Waals surface area contributed by atoms with Crippen molar-refractivity contribution in [1.29, 1.82) is 0 Å². The van der Waals surface area contributed by atoms with Gasteiger partial charge in [-0.25, -0.2) is 9.69 Å². The van der Waals surface area contributed by atoms with Crippen molar-refractivity contribution in [3.63, 3.8) is 0 Å². The second-order valence-electron chi connectivity index (χ2n) is 6.83. The van der Waals surface area contributed by atoms with Gasteiger partial charge in [0.05, 0.1) is 23.7 Å². The summed E-state index contributed by atoms with van der Waals surface area (Å²) in [5.41, 5.74) is 2.62. The quantitative estimate of drug-likeness (QED) is 0.725. The standard InChI is InChI=1S/C22H19N3O4/c1-14-10-11-16-8-5-9-17(20(16)23-14)21(27)24-18(15-6-3-2-4-7-15)12-25-19(26)13-29-22(25)28/h2-11,18H,12-13H2,1H3,(H,24,27). The minimum atomic E-state index is -0.701. The van der Waals surface area contributed by atoms with Crippen LogP contribution in [0.5, 0.6) is 0 Å². The highest BCUT2D eigenvalue weighted by atomic mass is 16.6. The molecular weight excluding hydrogens is 370 g/mol. The van der Waals surface area contributed by atoms with E-state index in [-0.39, 0.29) is 19.1 Å². The minimum absolute atomic E-state index is 0.00928. The number of carbonyl (C=O) groups excluding carboxylic acids is 3. The van der Waals surface area contributed by atoms with E-state index in [1.807, 2.05) is 55.5 Å². The van der Waals surface area contributed by atoms with Gasteiger partial charge in [-0.3, -0.25) is 14.6 Å². The molecule has 1 aromatic heterocycles. The lowest BCUT2D eigenvalue weighted by Crippen LogP contribution is -2.40. The molecule has 1 aliphatic heterocycles. The molecule has 1 unspecified atom stereocenters. The van der Waals surface area contributed by atoms with Crippen LogP contribution in [0.2, 0.25) is 0 Å². The molecule has 4 rings (SSSR count). The Balaban J connectivity index is 1.66. The summed E-state index contributed by atoms with van der Waals surface area (Å²) in [6.45, 7) is 1.58.